The molecule has 0 radical (unpaired) electrons. The average molecular weight is 321 g/mol. The van der Waals surface area contributed by atoms with E-state index in [0.29, 0.717) is 22.7 Å². The van der Waals surface area contributed by atoms with Crippen LogP contribution in [0.1, 0.15) is 15.9 Å². The molecule has 8 heteroatoms. The molecule has 0 spiro atoms. The fourth-order valence-corrected chi connectivity index (χ4v) is 2.08. The standard InChI is InChI=1S/C15H10F3N3O2/c16-15(17,18)9-2-4-10(5-3-9)19-14-20-11-6-1-8(13(22)23)7-12(11)21-14/h1-7H,(H,22,23)(H2,19,20,21). The molecule has 0 fully saturated rings. The highest BCUT2D eigenvalue weighted by Gasteiger charge is 2.29. The summed E-state index contributed by atoms with van der Waals surface area (Å²) in [6.45, 7) is 0. The number of carboxylic acid groups (broad SMARTS) is 1. The first kappa shape index (κ1) is 14.9. The highest BCUT2D eigenvalue weighted by atomic mass is 19.4. The fourth-order valence-electron chi connectivity index (χ4n) is 2.08. The predicted octanol–water partition coefficient (Wildman–Crippen LogP) is 4.02. The van der Waals surface area contributed by atoms with Gasteiger partial charge in [-0.3, -0.25) is 0 Å². The molecule has 0 bridgehead atoms. The van der Waals surface area contributed by atoms with Crippen LogP contribution in [0.5, 0.6) is 0 Å². The summed E-state index contributed by atoms with van der Waals surface area (Å²) in [7, 11) is 0. The van der Waals surface area contributed by atoms with Gasteiger partial charge in [-0.25, -0.2) is 9.78 Å². The number of aromatic amines is 1. The SMILES string of the molecule is O=C(O)c1ccc2nc(Nc3ccc(C(F)(F)F)cc3)[nH]c2c1. The minimum atomic E-state index is -4.38. The van der Waals surface area contributed by atoms with Crippen LogP contribution in [-0.2, 0) is 6.18 Å². The normalized spacial score (nSPS) is 11.6. The number of fused-ring (bicyclic) bond motifs is 1. The Balaban J connectivity index is 1.85. The Morgan fingerprint density at radius 1 is 1.13 bits per heavy atom. The number of rotatable bonds is 3. The van der Waals surface area contributed by atoms with E-state index in [9.17, 15) is 18.0 Å². The van der Waals surface area contributed by atoms with Crippen LogP contribution in [0.2, 0.25) is 0 Å². The minimum absolute atomic E-state index is 0.113. The summed E-state index contributed by atoms with van der Waals surface area (Å²) in [5, 5.41) is 11.8. The van der Waals surface area contributed by atoms with Crippen molar-refractivity contribution in [2.24, 2.45) is 0 Å². The maximum absolute atomic E-state index is 12.5. The molecule has 0 aliphatic rings. The van der Waals surface area contributed by atoms with Crippen LogP contribution in [0.4, 0.5) is 24.8 Å². The zero-order valence-electron chi connectivity index (χ0n) is 11.5. The third kappa shape index (κ3) is 3.10. The lowest BCUT2D eigenvalue weighted by Crippen LogP contribution is -2.04. The Morgan fingerprint density at radius 2 is 1.83 bits per heavy atom. The second kappa shape index (κ2) is 5.31. The van der Waals surface area contributed by atoms with Crippen LogP contribution in [0.3, 0.4) is 0 Å². The Bertz CT molecular complexity index is 870. The van der Waals surface area contributed by atoms with Crippen LogP contribution in [-0.4, -0.2) is 21.0 Å². The Kier molecular flexibility index (Phi) is 3.44. The van der Waals surface area contributed by atoms with E-state index in [0.717, 1.165) is 12.1 Å². The topological polar surface area (TPSA) is 78.0 Å². The van der Waals surface area contributed by atoms with Gasteiger partial charge in [-0.2, -0.15) is 13.2 Å². The molecular formula is C15H10F3N3O2. The maximum atomic E-state index is 12.5. The van der Waals surface area contributed by atoms with Crippen LogP contribution in [0.25, 0.3) is 11.0 Å². The molecule has 0 saturated heterocycles. The number of anilines is 2. The fraction of sp³-hybridized carbons (Fsp3) is 0.0667. The number of hydrogen-bond donors (Lipinski definition) is 3. The van der Waals surface area contributed by atoms with Crippen molar-refractivity contribution in [3.8, 4) is 0 Å². The molecule has 3 N–H and O–H groups in total. The molecule has 1 aromatic heterocycles. The van der Waals surface area contributed by atoms with E-state index in [2.05, 4.69) is 15.3 Å². The first-order valence-corrected chi connectivity index (χ1v) is 6.50. The van der Waals surface area contributed by atoms with Gasteiger partial charge in [-0.1, -0.05) is 0 Å². The minimum Gasteiger partial charge on any atom is -0.478 e. The lowest BCUT2D eigenvalue weighted by Gasteiger charge is -2.07. The van der Waals surface area contributed by atoms with Crippen LogP contribution in [0.15, 0.2) is 42.5 Å². The van der Waals surface area contributed by atoms with Crippen molar-refractivity contribution in [2.75, 3.05) is 5.32 Å². The maximum Gasteiger partial charge on any atom is 0.416 e. The van der Waals surface area contributed by atoms with Gasteiger partial charge in [0.25, 0.3) is 0 Å². The number of nitrogens with one attached hydrogen (secondary N) is 2. The van der Waals surface area contributed by atoms with E-state index in [1.807, 2.05) is 0 Å². The number of carboxylic acids is 1. The van der Waals surface area contributed by atoms with Crippen molar-refractivity contribution in [1.29, 1.82) is 0 Å². The molecule has 0 amide bonds. The van der Waals surface area contributed by atoms with Crippen LogP contribution >= 0.6 is 0 Å². The quantitative estimate of drug-likeness (QED) is 0.681. The van der Waals surface area contributed by atoms with Crippen molar-refractivity contribution >= 4 is 28.6 Å². The molecule has 0 unspecified atom stereocenters. The molecule has 3 aromatic rings. The summed E-state index contributed by atoms with van der Waals surface area (Å²) in [5.41, 5.74) is 0.861. The number of imidazole rings is 1. The van der Waals surface area contributed by atoms with Crippen molar-refractivity contribution in [2.45, 2.75) is 6.18 Å². The second-order valence-corrected chi connectivity index (χ2v) is 4.82. The summed E-state index contributed by atoms with van der Waals surface area (Å²) in [6, 6.07) is 8.92. The van der Waals surface area contributed by atoms with Crippen molar-refractivity contribution in [1.82, 2.24) is 9.97 Å². The van der Waals surface area contributed by atoms with E-state index in [-0.39, 0.29) is 5.56 Å². The highest BCUT2D eigenvalue weighted by molar-refractivity contribution is 5.92. The average Bonchev–Trinajstić information content (AvgIpc) is 2.87. The van der Waals surface area contributed by atoms with Gasteiger partial charge in [-0.15, -0.1) is 0 Å². The van der Waals surface area contributed by atoms with Gasteiger partial charge in [0.1, 0.15) is 0 Å². The predicted molar refractivity (Wildman–Crippen MR) is 77.8 cm³/mol. The first-order valence-electron chi connectivity index (χ1n) is 6.50. The zero-order chi connectivity index (χ0) is 16.6. The number of hydrogen-bond acceptors (Lipinski definition) is 3. The molecule has 2 aromatic carbocycles. The summed E-state index contributed by atoms with van der Waals surface area (Å²) in [4.78, 5) is 18.0. The number of benzene rings is 2. The van der Waals surface area contributed by atoms with Gasteiger partial charge in [0.15, 0.2) is 0 Å². The van der Waals surface area contributed by atoms with Crippen LogP contribution in [0, 0.1) is 0 Å². The number of H-pyrrole nitrogens is 1. The molecule has 3 rings (SSSR count). The summed E-state index contributed by atoms with van der Waals surface area (Å²) in [6.07, 6.45) is -4.38. The highest BCUT2D eigenvalue weighted by Crippen LogP contribution is 2.30. The molecule has 0 saturated carbocycles. The number of nitrogens with zero attached hydrogens (tertiary/aromatic N) is 1. The molecular weight excluding hydrogens is 311 g/mol. The number of halogens is 3. The van der Waals surface area contributed by atoms with Gasteiger partial charge in [-0.05, 0) is 42.5 Å². The zero-order valence-corrected chi connectivity index (χ0v) is 11.5. The van der Waals surface area contributed by atoms with Gasteiger partial charge < -0.3 is 15.4 Å². The Morgan fingerprint density at radius 3 is 2.43 bits per heavy atom. The van der Waals surface area contributed by atoms with Gasteiger partial charge >= 0.3 is 12.1 Å². The summed E-state index contributed by atoms with van der Waals surface area (Å²) in [5.74, 6) is -0.749. The van der Waals surface area contributed by atoms with E-state index in [4.69, 9.17) is 5.11 Å². The van der Waals surface area contributed by atoms with Crippen molar-refractivity contribution in [3.63, 3.8) is 0 Å². The van der Waals surface area contributed by atoms with Crippen molar-refractivity contribution in [3.05, 3.63) is 53.6 Å². The number of carbonyl (C=O) groups is 1. The molecule has 118 valence electrons. The van der Waals surface area contributed by atoms with Gasteiger partial charge in [0, 0.05) is 5.69 Å². The first-order chi connectivity index (χ1) is 10.8. The second-order valence-electron chi connectivity index (χ2n) is 4.82. The molecule has 1 heterocycles. The molecule has 0 aliphatic heterocycles. The van der Waals surface area contributed by atoms with E-state index < -0.39 is 17.7 Å². The lowest BCUT2D eigenvalue weighted by molar-refractivity contribution is -0.137. The number of aromatic nitrogens is 2. The summed E-state index contributed by atoms with van der Waals surface area (Å²) >= 11 is 0. The third-order valence-electron chi connectivity index (χ3n) is 3.20. The Labute approximate surface area is 127 Å². The van der Waals surface area contributed by atoms with E-state index in [1.165, 1.54) is 24.3 Å². The lowest BCUT2D eigenvalue weighted by atomic mass is 10.2. The van der Waals surface area contributed by atoms with Gasteiger partial charge in [0.05, 0.1) is 22.2 Å². The smallest absolute Gasteiger partial charge is 0.416 e. The third-order valence-corrected chi connectivity index (χ3v) is 3.20. The van der Waals surface area contributed by atoms with E-state index >= 15 is 0 Å². The molecule has 0 atom stereocenters. The largest absolute Gasteiger partial charge is 0.478 e. The molecule has 0 aliphatic carbocycles. The van der Waals surface area contributed by atoms with Gasteiger partial charge in [0.2, 0.25) is 5.95 Å². The summed E-state index contributed by atoms with van der Waals surface area (Å²) < 4.78 is 37.5. The number of alkyl halides is 3. The number of aromatic carboxylic acids is 1. The monoisotopic (exact) mass is 321 g/mol. The molecule has 23 heavy (non-hydrogen) atoms. The van der Waals surface area contributed by atoms with Crippen LogP contribution < -0.4 is 5.32 Å². The van der Waals surface area contributed by atoms with E-state index in [1.54, 1.807) is 6.07 Å². The molecule has 5 nitrogen and oxygen atoms in total. The Hall–Kier alpha value is -3.03. The van der Waals surface area contributed by atoms with Crippen molar-refractivity contribution < 1.29 is 23.1 Å².